The monoisotopic (exact) mass is 383 g/mol. The van der Waals surface area contributed by atoms with Gasteiger partial charge in [-0.1, -0.05) is 159 Å². The molecule has 0 saturated heterocycles. The highest BCUT2D eigenvalue weighted by Gasteiger charge is 2.19. The van der Waals surface area contributed by atoms with Crippen LogP contribution >= 0.6 is 0 Å². The van der Waals surface area contributed by atoms with E-state index in [1.54, 1.807) is 0 Å². The molecule has 0 amide bonds. The van der Waals surface area contributed by atoms with E-state index < -0.39 is 0 Å². The Morgan fingerprint density at radius 2 is 0.821 bits per heavy atom. The summed E-state index contributed by atoms with van der Waals surface area (Å²) < 4.78 is 0. The molecule has 2 aliphatic rings. The molecular weight excluding hydrogens is 334 g/mol. The fourth-order valence-electron chi connectivity index (χ4n) is 5.66. The van der Waals surface area contributed by atoms with Gasteiger partial charge in [-0.2, -0.15) is 0 Å². The van der Waals surface area contributed by atoms with Crippen molar-refractivity contribution < 1.29 is 0 Å². The summed E-state index contributed by atoms with van der Waals surface area (Å²) in [6.45, 7) is 2.48. The zero-order valence-electron chi connectivity index (χ0n) is 19.3. The molecule has 0 nitrogen and oxygen atoms in total. The first-order chi connectivity index (χ1) is 13.7. The van der Waals surface area contributed by atoms with Crippen LogP contribution in [0.1, 0.15) is 142 Å². The first-order valence-electron chi connectivity index (χ1n) is 13.3. The summed E-state index contributed by atoms with van der Waals surface area (Å²) >= 11 is 0. The van der Waals surface area contributed by atoms with Gasteiger partial charge in [-0.15, -0.1) is 0 Å². The van der Waals surface area contributed by atoms with Gasteiger partial charge in [0.15, 0.2) is 0 Å². The number of hydrogen-bond acceptors (Lipinski definition) is 0. The highest BCUT2D eigenvalue weighted by atomic mass is 14.1. The summed E-state index contributed by atoms with van der Waals surface area (Å²) in [5, 5.41) is 0. The van der Waals surface area contributed by atoms with Gasteiger partial charge < -0.3 is 0 Å². The van der Waals surface area contributed by atoms with Crippen LogP contribution in [0.2, 0.25) is 17.5 Å². The van der Waals surface area contributed by atoms with Gasteiger partial charge in [0.2, 0.25) is 0 Å². The van der Waals surface area contributed by atoms with Crippen LogP contribution in [0.25, 0.3) is 0 Å². The Labute approximate surface area is 180 Å². The molecule has 2 rings (SSSR count). The van der Waals surface area contributed by atoms with Crippen molar-refractivity contribution in [1.29, 1.82) is 0 Å². The van der Waals surface area contributed by atoms with Gasteiger partial charge in [-0.3, -0.25) is 0 Å². The summed E-state index contributed by atoms with van der Waals surface area (Å²) in [5.41, 5.74) is 0. The number of hydrogen-bond donors (Lipinski definition) is 0. The van der Waals surface area contributed by atoms with Crippen molar-refractivity contribution in [3.63, 3.8) is 0 Å². The average Bonchev–Trinajstić information content (AvgIpc) is 2.72. The van der Waals surface area contributed by atoms with Gasteiger partial charge in [0, 0.05) is 0 Å². The van der Waals surface area contributed by atoms with Crippen molar-refractivity contribution in [2.75, 3.05) is 0 Å². The lowest BCUT2D eigenvalue weighted by atomic mass is 9.50. The molecule has 0 aliphatic heterocycles. The maximum Gasteiger partial charge on any atom is 0.117 e. The lowest BCUT2D eigenvalue weighted by molar-refractivity contribution is 0.423. The molecule has 0 N–H and O–H groups in total. The second kappa shape index (κ2) is 15.9. The van der Waals surface area contributed by atoms with Crippen molar-refractivity contribution in [3.05, 3.63) is 0 Å². The van der Waals surface area contributed by atoms with Gasteiger partial charge in [0.1, 0.15) is 7.28 Å². The second-order valence-electron chi connectivity index (χ2n) is 10.5. The fourth-order valence-corrected chi connectivity index (χ4v) is 5.66. The Morgan fingerprint density at radius 3 is 1.32 bits per heavy atom. The molecule has 0 aromatic heterocycles. The van der Waals surface area contributed by atoms with Crippen molar-refractivity contribution in [3.8, 4) is 0 Å². The van der Waals surface area contributed by atoms with Crippen LogP contribution in [0, 0.1) is 5.92 Å². The van der Waals surface area contributed by atoms with Crippen molar-refractivity contribution in [2.45, 2.75) is 159 Å². The Kier molecular flexibility index (Phi) is 13.9. The van der Waals surface area contributed by atoms with Crippen LogP contribution in [-0.4, -0.2) is 15.1 Å². The fraction of sp³-hybridized carbons (Fsp3) is 1.00. The summed E-state index contributed by atoms with van der Waals surface area (Å²) in [7, 11) is 9.17. The zero-order valence-corrected chi connectivity index (χ0v) is 19.3. The molecular formula is C26H49B2. The molecule has 159 valence electrons. The molecule has 0 aromatic carbocycles. The largest absolute Gasteiger partial charge is 0.117 e. The molecule has 2 atom stereocenters. The van der Waals surface area contributed by atoms with Crippen LogP contribution in [0.4, 0.5) is 0 Å². The molecule has 3 radical (unpaired) electrons. The van der Waals surface area contributed by atoms with E-state index in [2.05, 4.69) is 14.2 Å². The Morgan fingerprint density at radius 1 is 0.464 bits per heavy atom. The van der Waals surface area contributed by atoms with E-state index in [1.807, 2.05) is 0 Å². The highest BCUT2D eigenvalue weighted by Crippen LogP contribution is 2.34. The van der Waals surface area contributed by atoms with E-state index in [-0.39, 0.29) is 0 Å². The predicted molar refractivity (Wildman–Crippen MR) is 129 cm³/mol. The Balaban J connectivity index is 1.79. The summed E-state index contributed by atoms with van der Waals surface area (Å²) in [4.78, 5) is 0. The van der Waals surface area contributed by atoms with Crippen molar-refractivity contribution in [2.24, 2.45) is 5.92 Å². The molecule has 0 unspecified atom stereocenters. The van der Waals surface area contributed by atoms with Crippen LogP contribution < -0.4 is 0 Å². The zero-order chi connectivity index (χ0) is 19.9. The highest BCUT2D eigenvalue weighted by molar-refractivity contribution is 6.39. The molecule has 2 fully saturated rings. The molecule has 0 aromatic rings. The molecule has 2 aliphatic carbocycles. The van der Waals surface area contributed by atoms with Gasteiger partial charge in [-0.05, 0) is 5.92 Å². The molecule has 2 saturated carbocycles. The lowest BCUT2D eigenvalue weighted by Crippen LogP contribution is -2.13. The standard InChI is InChI=1S/C26H49B2/c1-23-15-8-2-5-11-19-25(20-12-6-3-9-16-23)28-26-21-13-7-4-10-17-24(27)18-14-22-26/h23-26H,2-22H2,1H3/t23?,24-,25?,26+/m1/s1. The minimum Gasteiger partial charge on any atom is -0.0774 e. The maximum atomic E-state index is 6.33. The van der Waals surface area contributed by atoms with Crippen molar-refractivity contribution >= 4 is 15.1 Å². The second-order valence-corrected chi connectivity index (χ2v) is 10.5. The van der Waals surface area contributed by atoms with Crippen molar-refractivity contribution in [1.82, 2.24) is 0 Å². The van der Waals surface area contributed by atoms with Gasteiger partial charge in [-0.25, -0.2) is 0 Å². The van der Waals surface area contributed by atoms with Crippen LogP contribution in [0.15, 0.2) is 0 Å². The Hall–Kier alpha value is 0.130. The van der Waals surface area contributed by atoms with Crippen LogP contribution in [0.5, 0.6) is 0 Å². The van der Waals surface area contributed by atoms with Gasteiger partial charge in [0.05, 0.1) is 7.85 Å². The quantitative estimate of drug-likeness (QED) is 0.417. The maximum absolute atomic E-state index is 6.33. The minimum atomic E-state index is 0.468. The van der Waals surface area contributed by atoms with Crippen LogP contribution in [-0.2, 0) is 0 Å². The summed E-state index contributed by atoms with van der Waals surface area (Å²) in [6, 6.07) is 0. The lowest BCUT2D eigenvalue weighted by Gasteiger charge is -2.24. The third-order valence-corrected chi connectivity index (χ3v) is 7.64. The molecule has 28 heavy (non-hydrogen) atoms. The minimum absolute atomic E-state index is 0.468. The number of rotatable bonds is 2. The molecule has 2 heteroatoms. The van der Waals surface area contributed by atoms with Gasteiger partial charge in [0.25, 0.3) is 0 Å². The summed E-state index contributed by atoms with van der Waals surface area (Å²) in [6.07, 6.45) is 30.0. The van der Waals surface area contributed by atoms with E-state index in [9.17, 15) is 0 Å². The molecule has 0 spiro atoms. The smallest absolute Gasteiger partial charge is 0.0774 e. The SMILES string of the molecule is [B][C@@H]1CCCCCC[C@H]([B]C2CCCCCCC(C)CCCCCC2)CCC1. The van der Waals surface area contributed by atoms with E-state index >= 15 is 0 Å². The summed E-state index contributed by atoms with van der Waals surface area (Å²) in [5.74, 6) is 3.20. The Bertz CT molecular complexity index is 340. The third kappa shape index (κ3) is 12.0. The first-order valence-corrected chi connectivity index (χ1v) is 13.3. The third-order valence-electron chi connectivity index (χ3n) is 7.64. The molecule has 0 bridgehead atoms. The molecule has 0 heterocycles. The van der Waals surface area contributed by atoms with E-state index in [1.165, 1.54) is 135 Å². The van der Waals surface area contributed by atoms with E-state index in [4.69, 9.17) is 7.85 Å². The normalized spacial score (nSPS) is 33.9. The van der Waals surface area contributed by atoms with E-state index in [0.717, 1.165) is 17.6 Å². The van der Waals surface area contributed by atoms with E-state index in [0.29, 0.717) is 5.82 Å². The van der Waals surface area contributed by atoms with Crippen LogP contribution in [0.3, 0.4) is 0 Å². The predicted octanol–water partition coefficient (Wildman–Crippen LogP) is 9.08. The van der Waals surface area contributed by atoms with Gasteiger partial charge >= 0.3 is 0 Å². The first kappa shape index (κ1) is 24.4. The topological polar surface area (TPSA) is 0 Å². The average molecular weight is 383 g/mol.